The fourth-order valence-corrected chi connectivity index (χ4v) is 5.26. The van der Waals surface area contributed by atoms with Crippen molar-refractivity contribution in [1.82, 2.24) is 9.97 Å². The molecule has 3 aliphatic rings. The molecule has 1 N–H and O–H groups in total. The van der Waals surface area contributed by atoms with Crippen molar-refractivity contribution in [3.63, 3.8) is 0 Å². The predicted molar refractivity (Wildman–Crippen MR) is 141 cm³/mol. The van der Waals surface area contributed by atoms with E-state index in [4.69, 9.17) is 14.2 Å². The molecule has 0 spiro atoms. The molecule has 5 heterocycles. The lowest BCUT2D eigenvalue weighted by molar-refractivity contribution is -0.141. The highest BCUT2D eigenvalue weighted by Crippen LogP contribution is 2.41. The van der Waals surface area contributed by atoms with Crippen LogP contribution in [0.5, 0.6) is 5.88 Å². The zero-order valence-corrected chi connectivity index (χ0v) is 21.9. The highest BCUT2D eigenvalue weighted by molar-refractivity contribution is 6.04. The molecule has 2 aromatic heterocycles. The molecule has 2 saturated heterocycles. The molecular weight excluding hydrogens is 527 g/mol. The largest absolute Gasteiger partial charge is 0.475 e. The molecular formula is C28H28F3N5O4. The third-order valence-corrected chi connectivity index (χ3v) is 7.13. The van der Waals surface area contributed by atoms with Gasteiger partial charge in [0.1, 0.15) is 12.7 Å². The van der Waals surface area contributed by atoms with E-state index in [0.29, 0.717) is 41.8 Å². The van der Waals surface area contributed by atoms with E-state index in [1.54, 1.807) is 29.2 Å². The topological polar surface area (TPSA) is 89.1 Å². The molecule has 0 radical (unpaired) electrons. The van der Waals surface area contributed by atoms with Crippen LogP contribution < -0.4 is 19.9 Å². The van der Waals surface area contributed by atoms with Gasteiger partial charge in [-0.1, -0.05) is 12.1 Å². The monoisotopic (exact) mass is 555 g/mol. The summed E-state index contributed by atoms with van der Waals surface area (Å²) in [5.41, 5.74) is 1.16. The zero-order chi connectivity index (χ0) is 28.1. The highest BCUT2D eigenvalue weighted by atomic mass is 19.4. The van der Waals surface area contributed by atoms with Crippen LogP contribution in [-0.4, -0.2) is 60.2 Å². The molecule has 2 bridgehead atoms. The van der Waals surface area contributed by atoms with Gasteiger partial charge < -0.3 is 24.4 Å². The number of benzene rings is 1. The van der Waals surface area contributed by atoms with Crippen LogP contribution in [0.25, 0.3) is 11.3 Å². The Balaban J connectivity index is 1.22. The van der Waals surface area contributed by atoms with Gasteiger partial charge in [-0.25, -0.2) is 14.8 Å². The Bertz CT molecular complexity index is 1430. The number of amides is 2. The summed E-state index contributed by atoms with van der Waals surface area (Å²) in [6.45, 7) is 5.72. The number of nitrogens with one attached hydrogen (secondary N) is 1. The number of hydrogen-bond donors (Lipinski definition) is 1. The molecule has 2 fully saturated rings. The fraction of sp³-hybridized carbons (Fsp3) is 0.393. The van der Waals surface area contributed by atoms with Crippen LogP contribution >= 0.6 is 0 Å². The first-order chi connectivity index (χ1) is 19.1. The molecule has 40 heavy (non-hydrogen) atoms. The summed E-state index contributed by atoms with van der Waals surface area (Å²) in [6, 6.07) is 11.3. The van der Waals surface area contributed by atoms with Gasteiger partial charge in [-0.3, -0.25) is 4.90 Å². The van der Waals surface area contributed by atoms with Crippen LogP contribution in [0.1, 0.15) is 25.8 Å². The van der Waals surface area contributed by atoms with Gasteiger partial charge in [0.15, 0.2) is 11.6 Å². The maximum atomic E-state index is 13.6. The van der Waals surface area contributed by atoms with E-state index in [2.05, 4.69) is 20.2 Å². The van der Waals surface area contributed by atoms with E-state index in [9.17, 15) is 18.0 Å². The van der Waals surface area contributed by atoms with Crippen LogP contribution in [0, 0.1) is 0 Å². The third-order valence-electron chi connectivity index (χ3n) is 7.13. The van der Waals surface area contributed by atoms with Crippen LogP contribution in [0.4, 0.5) is 35.2 Å². The normalized spacial score (nSPS) is 21.3. The Labute approximate surface area is 228 Å². The molecule has 6 rings (SSSR count). The van der Waals surface area contributed by atoms with Crippen molar-refractivity contribution in [2.75, 3.05) is 41.4 Å². The first-order valence-electron chi connectivity index (χ1n) is 13.0. The minimum Gasteiger partial charge on any atom is -0.475 e. The molecule has 9 nitrogen and oxygen atoms in total. The second-order valence-electron chi connectivity index (χ2n) is 10.5. The van der Waals surface area contributed by atoms with Gasteiger partial charge in [0.05, 0.1) is 29.6 Å². The molecule has 3 aromatic rings. The summed E-state index contributed by atoms with van der Waals surface area (Å²) in [7, 11) is 0. The zero-order valence-electron chi connectivity index (χ0n) is 21.9. The molecule has 1 aromatic carbocycles. The number of fused-ring (bicyclic) bond motifs is 4. The number of urea groups is 1. The van der Waals surface area contributed by atoms with Crippen LogP contribution in [0.2, 0.25) is 0 Å². The van der Waals surface area contributed by atoms with Gasteiger partial charge in [0.2, 0.25) is 5.88 Å². The number of nitrogens with zero attached hydrogens (tertiary/aromatic N) is 4. The molecule has 0 aliphatic carbocycles. The number of alkyl halides is 3. The Hall–Kier alpha value is -3.90. The van der Waals surface area contributed by atoms with Crippen LogP contribution in [0.3, 0.4) is 0 Å². The first-order valence-corrected chi connectivity index (χ1v) is 13.0. The molecule has 2 amide bonds. The van der Waals surface area contributed by atoms with Gasteiger partial charge in [0, 0.05) is 36.6 Å². The number of carbonyl (C=O) groups is 1. The number of rotatable bonds is 5. The smallest absolute Gasteiger partial charge is 0.416 e. The Morgan fingerprint density at radius 3 is 2.83 bits per heavy atom. The third kappa shape index (κ3) is 5.28. The molecule has 210 valence electrons. The molecule has 0 saturated carbocycles. The lowest BCUT2D eigenvalue weighted by Crippen LogP contribution is -2.48. The summed E-state index contributed by atoms with van der Waals surface area (Å²) >= 11 is 0. The van der Waals surface area contributed by atoms with E-state index < -0.39 is 23.6 Å². The lowest BCUT2D eigenvalue weighted by atomic mass is 10.1. The highest BCUT2D eigenvalue weighted by Gasteiger charge is 2.40. The first kappa shape index (κ1) is 26.3. The number of carbonyl (C=O) groups excluding carboxylic acids is 1. The minimum atomic E-state index is -4.47. The maximum absolute atomic E-state index is 13.6. The summed E-state index contributed by atoms with van der Waals surface area (Å²) < 4.78 is 57.0. The average molecular weight is 556 g/mol. The van der Waals surface area contributed by atoms with Crippen molar-refractivity contribution in [2.45, 2.75) is 44.4 Å². The van der Waals surface area contributed by atoms with E-state index in [0.717, 1.165) is 30.8 Å². The fourth-order valence-electron chi connectivity index (χ4n) is 5.26. The van der Waals surface area contributed by atoms with E-state index in [1.807, 2.05) is 19.9 Å². The van der Waals surface area contributed by atoms with Crippen molar-refractivity contribution in [1.29, 1.82) is 0 Å². The predicted octanol–water partition coefficient (Wildman–Crippen LogP) is 5.32. The van der Waals surface area contributed by atoms with Gasteiger partial charge in [-0.05, 0) is 50.6 Å². The number of hydrogen-bond acceptors (Lipinski definition) is 7. The van der Waals surface area contributed by atoms with Crippen molar-refractivity contribution in [3.8, 4) is 17.1 Å². The van der Waals surface area contributed by atoms with E-state index in [-0.39, 0.29) is 18.8 Å². The molecule has 2 atom stereocenters. The quantitative estimate of drug-likeness (QED) is 0.456. The molecule has 1 unspecified atom stereocenters. The second kappa shape index (κ2) is 9.93. The molecule has 3 aliphatic heterocycles. The number of pyridine rings is 2. The second-order valence-corrected chi connectivity index (χ2v) is 10.5. The van der Waals surface area contributed by atoms with Crippen molar-refractivity contribution >= 4 is 23.2 Å². The Kier molecular flexibility index (Phi) is 6.54. The number of halogens is 3. The summed E-state index contributed by atoms with van der Waals surface area (Å²) in [4.78, 5) is 26.3. The van der Waals surface area contributed by atoms with Crippen molar-refractivity contribution in [3.05, 3.63) is 60.3 Å². The van der Waals surface area contributed by atoms with Crippen LogP contribution in [0.15, 0.2) is 54.7 Å². The number of anilines is 3. The van der Waals surface area contributed by atoms with Gasteiger partial charge in [-0.2, -0.15) is 13.2 Å². The minimum absolute atomic E-state index is 0.128. The summed E-state index contributed by atoms with van der Waals surface area (Å²) in [6.07, 6.45) is -2.43. The number of ether oxygens (including phenoxy) is 3. The lowest BCUT2D eigenvalue weighted by Gasteiger charge is -2.36. The SMILES string of the molecule is CC1(C)OC[C@@H](COc2cc(NC(=O)N3c4nc(-c5cccc(C(F)(F)F)c5)ccc4N4CCC3C4)ccn2)O1. The standard InChI is InChI=1S/C28H28F3N5O4/c1-27(2)39-16-21(40-27)15-38-24-13-19(8-10-32-24)33-26(37)36-20-9-11-35(14-20)23-7-6-22(34-25(23)36)17-4-3-5-18(12-17)28(29,30)31/h3-8,10,12-13,20-21H,9,11,14-16H2,1-2H3,(H,32,33,37)/t20?,21-/m1/s1. The van der Waals surface area contributed by atoms with Gasteiger partial charge in [0.25, 0.3) is 0 Å². The summed E-state index contributed by atoms with van der Waals surface area (Å²) in [5.74, 6) is 0.0715. The van der Waals surface area contributed by atoms with Gasteiger partial charge >= 0.3 is 12.2 Å². The summed E-state index contributed by atoms with van der Waals surface area (Å²) in [5, 5.41) is 2.91. The van der Waals surface area contributed by atoms with Crippen molar-refractivity contribution < 1.29 is 32.2 Å². The Morgan fingerprint density at radius 2 is 2.05 bits per heavy atom. The maximum Gasteiger partial charge on any atom is 0.416 e. The number of aromatic nitrogens is 2. The van der Waals surface area contributed by atoms with E-state index >= 15 is 0 Å². The van der Waals surface area contributed by atoms with E-state index in [1.165, 1.54) is 12.3 Å². The molecule has 12 heteroatoms. The average Bonchev–Trinajstić information content (AvgIpc) is 3.50. The van der Waals surface area contributed by atoms with Gasteiger partial charge in [-0.15, -0.1) is 0 Å². The Morgan fingerprint density at radius 1 is 1.20 bits per heavy atom. The van der Waals surface area contributed by atoms with Crippen LogP contribution in [-0.2, 0) is 15.7 Å². The van der Waals surface area contributed by atoms with Crippen molar-refractivity contribution in [2.24, 2.45) is 0 Å².